The smallest absolute Gasteiger partial charge is 0.263 e. The van der Waals surface area contributed by atoms with Crippen LogP contribution in [-0.4, -0.2) is 28.9 Å². The lowest BCUT2D eigenvalue weighted by atomic mass is 9.97. The zero-order chi connectivity index (χ0) is 14.9. The second-order valence-corrected chi connectivity index (χ2v) is 8.24. The summed E-state index contributed by atoms with van der Waals surface area (Å²) >= 11 is 3.48. The average molecular weight is 332 g/mol. The van der Waals surface area contributed by atoms with Gasteiger partial charge < -0.3 is 4.90 Å². The zero-order valence-corrected chi connectivity index (χ0v) is 14.2. The molecule has 0 unspecified atom stereocenters. The van der Waals surface area contributed by atoms with E-state index in [4.69, 9.17) is 4.98 Å². The topological polar surface area (TPSA) is 33.2 Å². The summed E-state index contributed by atoms with van der Waals surface area (Å²) < 4.78 is 0. The van der Waals surface area contributed by atoms with Crippen LogP contribution in [0.5, 0.6) is 0 Å². The molecule has 1 aliphatic carbocycles. The molecule has 2 aliphatic rings. The van der Waals surface area contributed by atoms with Gasteiger partial charge in [-0.25, -0.2) is 4.98 Å². The van der Waals surface area contributed by atoms with Crippen molar-refractivity contribution in [2.75, 3.05) is 13.1 Å². The van der Waals surface area contributed by atoms with Gasteiger partial charge in [-0.2, -0.15) is 0 Å². The molecule has 1 aliphatic heterocycles. The molecule has 3 nitrogen and oxygen atoms in total. The highest BCUT2D eigenvalue weighted by atomic mass is 32.1. The molecule has 1 saturated heterocycles. The fourth-order valence-corrected chi connectivity index (χ4v) is 5.45. The van der Waals surface area contributed by atoms with Gasteiger partial charge in [-0.3, -0.25) is 4.79 Å². The van der Waals surface area contributed by atoms with E-state index in [2.05, 4.69) is 0 Å². The fourth-order valence-electron chi connectivity index (χ4n) is 3.43. The molecule has 0 spiro atoms. The quantitative estimate of drug-likeness (QED) is 0.829. The van der Waals surface area contributed by atoms with Gasteiger partial charge in [0.25, 0.3) is 5.91 Å². The maximum absolute atomic E-state index is 12.4. The van der Waals surface area contributed by atoms with Gasteiger partial charge in [0.15, 0.2) is 0 Å². The van der Waals surface area contributed by atoms with Gasteiger partial charge in [0.2, 0.25) is 0 Å². The number of thiazole rings is 1. The molecule has 22 heavy (non-hydrogen) atoms. The number of amides is 1. The second-order valence-electron chi connectivity index (χ2n) is 6.17. The summed E-state index contributed by atoms with van der Waals surface area (Å²) in [6.45, 7) is 1.73. The summed E-state index contributed by atoms with van der Waals surface area (Å²) in [4.78, 5) is 21.7. The number of aryl methyl sites for hydroxylation is 2. The summed E-state index contributed by atoms with van der Waals surface area (Å²) in [6.07, 6.45) is 7.13. The summed E-state index contributed by atoms with van der Waals surface area (Å²) in [5.74, 6) is 0.759. The molecular formula is C17H20N2OS2. The number of thiophene rings is 1. The number of piperidine rings is 1. The number of hydrogen-bond donors (Lipinski definition) is 0. The lowest BCUT2D eigenvalue weighted by Gasteiger charge is -2.30. The van der Waals surface area contributed by atoms with Crippen molar-refractivity contribution in [1.29, 1.82) is 0 Å². The highest BCUT2D eigenvalue weighted by Crippen LogP contribution is 2.35. The predicted molar refractivity (Wildman–Crippen MR) is 91.0 cm³/mol. The second kappa shape index (κ2) is 6.13. The van der Waals surface area contributed by atoms with E-state index in [-0.39, 0.29) is 5.91 Å². The van der Waals surface area contributed by atoms with Crippen LogP contribution < -0.4 is 0 Å². The molecule has 4 rings (SSSR count). The van der Waals surface area contributed by atoms with Crippen LogP contribution in [0.25, 0.3) is 0 Å². The van der Waals surface area contributed by atoms with Gasteiger partial charge in [0, 0.05) is 23.9 Å². The van der Waals surface area contributed by atoms with Crippen LogP contribution in [0.2, 0.25) is 0 Å². The van der Waals surface area contributed by atoms with E-state index in [9.17, 15) is 4.79 Å². The van der Waals surface area contributed by atoms with Gasteiger partial charge in [0.1, 0.15) is 0 Å². The van der Waals surface area contributed by atoms with Gasteiger partial charge in [-0.05, 0) is 50.0 Å². The minimum absolute atomic E-state index is 0.201. The van der Waals surface area contributed by atoms with Crippen LogP contribution in [0.3, 0.4) is 0 Å². The first-order chi connectivity index (χ1) is 10.8. The Kier molecular flexibility index (Phi) is 4.01. The summed E-state index contributed by atoms with van der Waals surface area (Å²) in [7, 11) is 0. The van der Waals surface area contributed by atoms with Crippen LogP contribution in [0.4, 0.5) is 0 Å². The number of nitrogens with zero attached hydrogens (tertiary/aromatic N) is 2. The Labute approximate surface area is 139 Å². The Balaban J connectivity index is 1.41. The Morgan fingerprint density at radius 1 is 1.23 bits per heavy atom. The van der Waals surface area contributed by atoms with Crippen LogP contribution >= 0.6 is 22.7 Å². The molecule has 0 atom stereocenters. The zero-order valence-electron chi connectivity index (χ0n) is 12.6. The molecule has 2 aromatic rings. The van der Waals surface area contributed by atoms with Crippen molar-refractivity contribution in [2.24, 2.45) is 0 Å². The summed E-state index contributed by atoms with van der Waals surface area (Å²) in [5, 5.41) is 3.30. The molecule has 0 N–H and O–H groups in total. The van der Waals surface area contributed by atoms with E-state index in [1.54, 1.807) is 0 Å². The third-order valence-electron chi connectivity index (χ3n) is 4.73. The number of rotatable bonds is 2. The average Bonchev–Trinajstić information content (AvgIpc) is 3.23. The molecule has 1 fully saturated rings. The minimum Gasteiger partial charge on any atom is -0.338 e. The number of aromatic nitrogens is 1. The van der Waals surface area contributed by atoms with Crippen molar-refractivity contribution < 1.29 is 4.79 Å². The molecule has 116 valence electrons. The predicted octanol–water partition coefficient (Wildman–Crippen LogP) is 4.10. The molecule has 0 bridgehead atoms. The first kappa shape index (κ1) is 14.4. The minimum atomic E-state index is 0.201. The van der Waals surface area contributed by atoms with Gasteiger partial charge in [-0.1, -0.05) is 6.07 Å². The first-order valence-electron chi connectivity index (χ1n) is 8.12. The van der Waals surface area contributed by atoms with Crippen LogP contribution in [0.15, 0.2) is 17.5 Å². The van der Waals surface area contributed by atoms with E-state index < -0.39 is 0 Å². The number of carbonyl (C=O) groups is 1. The molecule has 0 radical (unpaired) electrons. The van der Waals surface area contributed by atoms with Crippen molar-refractivity contribution in [1.82, 2.24) is 9.88 Å². The Hall–Kier alpha value is -1.20. The summed E-state index contributed by atoms with van der Waals surface area (Å²) in [5.41, 5.74) is 1.36. The molecule has 0 saturated carbocycles. The molecule has 1 amide bonds. The van der Waals surface area contributed by atoms with Gasteiger partial charge in [0.05, 0.1) is 15.6 Å². The van der Waals surface area contributed by atoms with Gasteiger partial charge >= 0.3 is 0 Å². The number of carbonyl (C=O) groups excluding carboxylic acids is 1. The molecule has 5 heteroatoms. The Morgan fingerprint density at radius 3 is 2.77 bits per heavy atom. The largest absolute Gasteiger partial charge is 0.338 e. The van der Waals surface area contributed by atoms with Crippen LogP contribution in [0, 0.1) is 0 Å². The fraction of sp³-hybridized carbons (Fsp3) is 0.529. The Bertz CT molecular complexity index is 631. The lowest BCUT2D eigenvalue weighted by Crippen LogP contribution is -2.37. The third-order valence-corrected chi connectivity index (χ3v) is 6.90. The molecular weight excluding hydrogens is 312 g/mol. The number of hydrogen-bond acceptors (Lipinski definition) is 4. The molecule has 0 aromatic carbocycles. The van der Waals surface area contributed by atoms with E-state index >= 15 is 0 Å². The lowest BCUT2D eigenvalue weighted by molar-refractivity contribution is 0.0718. The third kappa shape index (κ3) is 2.72. The number of likely N-dealkylation sites (tertiary alicyclic amines) is 1. The van der Waals surface area contributed by atoms with Crippen molar-refractivity contribution >= 4 is 28.6 Å². The highest BCUT2D eigenvalue weighted by molar-refractivity contribution is 7.12. The standard InChI is InChI=1S/C17H20N2OS2/c20-17(15-6-3-11-21-15)19-9-7-12(8-10-19)16-18-13-4-1-2-5-14(13)22-16/h3,6,11-12H,1-2,4-5,7-10H2. The maximum atomic E-state index is 12.4. The monoisotopic (exact) mass is 332 g/mol. The van der Waals surface area contributed by atoms with Gasteiger partial charge in [-0.15, -0.1) is 22.7 Å². The first-order valence-corrected chi connectivity index (χ1v) is 9.82. The van der Waals surface area contributed by atoms with Crippen molar-refractivity contribution in [3.05, 3.63) is 38.0 Å². The van der Waals surface area contributed by atoms with Crippen molar-refractivity contribution in [2.45, 2.75) is 44.4 Å². The molecule has 3 heterocycles. The van der Waals surface area contributed by atoms with E-state index in [1.807, 2.05) is 33.7 Å². The van der Waals surface area contributed by atoms with E-state index in [1.165, 1.54) is 52.6 Å². The highest BCUT2D eigenvalue weighted by Gasteiger charge is 2.28. The maximum Gasteiger partial charge on any atom is 0.263 e. The van der Waals surface area contributed by atoms with E-state index in [0.717, 1.165) is 30.8 Å². The Morgan fingerprint density at radius 2 is 2.05 bits per heavy atom. The van der Waals surface area contributed by atoms with Crippen molar-refractivity contribution in [3.8, 4) is 0 Å². The van der Waals surface area contributed by atoms with E-state index in [0.29, 0.717) is 5.92 Å². The molecule has 2 aromatic heterocycles. The normalized spacial score (nSPS) is 19.2. The van der Waals surface area contributed by atoms with Crippen molar-refractivity contribution in [3.63, 3.8) is 0 Å². The SMILES string of the molecule is O=C(c1cccs1)N1CCC(c2nc3c(s2)CCCC3)CC1. The van der Waals surface area contributed by atoms with Crippen LogP contribution in [0.1, 0.15) is 56.9 Å². The van der Waals surface area contributed by atoms with Crippen LogP contribution in [-0.2, 0) is 12.8 Å². The number of fused-ring (bicyclic) bond motifs is 1. The summed E-state index contributed by atoms with van der Waals surface area (Å²) in [6, 6.07) is 3.87.